The molecule has 0 atom stereocenters. The highest BCUT2D eigenvalue weighted by atomic mass is 32.2. The van der Waals surface area contributed by atoms with Gasteiger partial charge in [-0.2, -0.15) is 10.1 Å². The fourth-order valence-electron chi connectivity index (χ4n) is 2.49. The van der Waals surface area contributed by atoms with Crippen LogP contribution in [0, 0.1) is 6.92 Å². The number of hydrogen-bond acceptors (Lipinski definition) is 7. The largest absolute Gasteiger partial charge is 0.354 e. The first kappa shape index (κ1) is 19.5. The molecule has 3 N–H and O–H groups in total. The summed E-state index contributed by atoms with van der Waals surface area (Å²) in [5.41, 5.74) is -0.148. The van der Waals surface area contributed by atoms with Crippen LogP contribution >= 0.6 is 11.3 Å². The van der Waals surface area contributed by atoms with Crippen molar-refractivity contribution in [1.82, 2.24) is 24.5 Å². The summed E-state index contributed by atoms with van der Waals surface area (Å²) in [4.78, 5) is 20.2. The van der Waals surface area contributed by atoms with Crippen molar-refractivity contribution in [1.29, 1.82) is 0 Å². The molecule has 3 rings (SSSR count). The zero-order chi connectivity index (χ0) is 19.8. The van der Waals surface area contributed by atoms with E-state index >= 15 is 0 Å². The first-order valence-corrected chi connectivity index (χ1v) is 10.7. The number of H-pyrrole nitrogens is 1. The van der Waals surface area contributed by atoms with Gasteiger partial charge in [-0.05, 0) is 39.8 Å². The van der Waals surface area contributed by atoms with Gasteiger partial charge in [0.05, 0.1) is 11.7 Å². The highest BCUT2D eigenvalue weighted by Gasteiger charge is 2.20. The van der Waals surface area contributed by atoms with Gasteiger partial charge in [-0.15, -0.1) is 11.3 Å². The van der Waals surface area contributed by atoms with Crippen LogP contribution in [0.15, 0.2) is 27.3 Å². The predicted octanol–water partition coefficient (Wildman–Crippen LogP) is 1.63. The Kier molecular flexibility index (Phi) is 5.10. The normalized spacial score (nSPS) is 12.6. The zero-order valence-electron chi connectivity index (χ0n) is 15.5. The molecule has 0 aliphatic carbocycles. The highest BCUT2D eigenvalue weighted by molar-refractivity contribution is 7.91. The number of thiophene rings is 1. The van der Waals surface area contributed by atoms with Crippen molar-refractivity contribution in [3.8, 4) is 0 Å². The van der Waals surface area contributed by atoms with Gasteiger partial charge in [0, 0.05) is 18.0 Å². The Morgan fingerprint density at radius 2 is 2.00 bits per heavy atom. The monoisotopic (exact) mass is 410 g/mol. The second kappa shape index (κ2) is 7.06. The van der Waals surface area contributed by atoms with Crippen molar-refractivity contribution in [3.05, 3.63) is 33.6 Å². The van der Waals surface area contributed by atoms with E-state index in [2.05, 4.69) is 25.1 Å². The predicted molar refractivity (Wildman–Crippen MR) is 106 cm³/mol. The first-order valence-electron chi connectivity index (χ1n) is 8.36. The van der Waals surface area contributed by atoms with E-state index in [9.17, 15) is 13.2 Å². The van der Waals surface area contributed by atoms with Crippen LogP contribution in [0.4, 0.5) is 5.95 Å². The van der Waals surface area contributed by atoms with Gasteiger partial charge in [0.2, 0.25) is 16.0 Å². The van der Waals surface area contributed by atoms with Crippen LogP contribution in [0.3, 0.4) is 0 Å². The number of aromatic amines is 1. The van der Waals surface area contributed by atoms with Crippen molar-refractivity contribution in [2.75, 3.05) is 18.4 Å². The molecular weight excluding hydrogens is 388 g/mol. The maximum absolute atomic E-state index is 12.2. The van der Waals surface area contributed by atoms with Gasteiger partial charge in [-0.1, -0.05) is 0 Å². The molecule has 9 nitrogen and oxygen atoms in total. The third-order valence-electron chi connectivity index (χ3n) is 3.76. The number of aryl methyl sites for hydroxylation is 1. The number of aromatic nitrogens is 4. The summed E-state index contributed by atoms with van der Waals surface area (Å²) in [6, 6.07) is 3.34. The summed E-state index contributed by atoms with van der Waals surface area (Å²) in [6.07, 6.45) is 1.49. The van der Waals surface area contributed by atoms with Crippen LogP contribution in [0.2, 0.25) is 0 Å². The minimum absolute atomic E-state index is 0.152. The van der Waals surface area contributed by atoms with Crippen LogP contribution in [-0.4, -0.2) is 41.3 Å². The molecule has 0 bridgehead atoms. The van der Waals surface area contributed by atoms with Crippen molar-refractivity contribution in [2.24, 2.45) is 0 Å². The van der Waals surface area contributed by atoms with E-state index in [0.717, 1.165) is 4.88 Å². The lowest BCUT2D eigenvalue weighted by Crippen LogP contribution is -2.29. The van der Waals surface area contributed by atoms with Crippen LogP contribution in [0.1, 0.15) is 25.6 Å². The standard InChI is InChI=1S/C16H22N6O3S2/c1-10-5-6-12(26-10)27(24,25)19-8-7-17-15-20-13-11(14(23)21-15)9-18-22(13)16(2,3)4/h5-6,9,19H,7-8H2,1-4H3,(H2,17,20,21,23). The smallest absolute Gasteiger partial charge is 0.263 e. The van der Waals surface area contributed by atoms with E-state index < -0.39 is 10.0 Å². The molecule has 3 heterocycles. The maximum atomic E-state index is 12.2. The summed E-state index contributed by atoms with van der Waals surface area (Å²) >= 11 is 1.22. The quantitative estimate of drug-likeness (QED) is 0.531. The molecular formula is C16H22N6O3S2. The van der Waals surface area contributed by atoms with Crippen molar-refractivity contribution < 1.29 is 8.42 Å². The Balaban J connectivity index is 1.70. The third kappa shape index (κ3) is 4.20. The number of sulfonamides is 1. The SMILES string of the molecule is Cc1ccc(S(=O)(=O)NCCNc2nc3c(cnn3C(C)(C)C)c(=O)[nH]2)s1. The number of nitrogens with one attached hydrogen (secondary N) is 3. The van der Waals surface area contributed by atoms with Gasteiger partial charge in [-0.3, -0.25) is 9.78 Å². The van der Waals surface area contributed by atoms with E-state index in [1.54, 1.807) is 16.8 Å². The summed E-state index contributed by atoms with van der Waals surface area (Å²) < 4.78 is 28.9. The zero-order valence-corrected chi connectivity index (χ0v) is 17.2. The minimum atomic E-state index is -3.53. The fraction of sp³-hybridized carbons (Fsp3) is 0.438. The molecule has 3 aromatic rings. The number of fused-ring (bicyclic) bond motifs is 1. The molecule has 3 aromatic heterocycles. The van der Waals surface area contributed by atoms with E-state index in [1.165, 1.54) is 17.5 Å². The van der Waals surface area contributed by atoms with Gasteiger partial charge in [-0.25, -0.2) is 17.8 Å². The average Bonchev–Trinajstić information content (AvgIpc) is 3.18. The first-order chi connectivity index (χ1) is 12.6. The summed E-state index contributed by atoms with van der Waals surface area (Å²) in [6.45, 7) is 8.18. The number of nitrogens with zero attached hydrogens (tertiary/aromatic N) is 3. The van der Waals surface area contributed by atoms with Crippen molar-refractivity contribution in [3.63, 3.8) is 0 Å². The lowest BCUT2D eigenvalue weighted by Gasteiger charge is -2.19. The van der Waals surface area contributed by atoms with Gasteiger partial charge in [0.1, 0.15) is 9.60 Å². The van der Waals surface area contributed by atoms with Crippen LogP contribution < -0.4 is 15.6 Å². The Hall–Kier alpha value is -2.24. The molecule has 27 heavy (non-hydrogen) atoms. The highest BCUT2D eigenvalue weighted by Crippen LogP contribution is 2.20. The van der Waals surface area contributed by atoms with Gasteiger partial charge >= 0.3 is 0 Å². The maximum Gasteiger partial charge on any atom is 0.263 e. The molecule has 0 fully saturated rings. The Morgan fingerprint density at radius 1 is 1.26 bits per heavy atom. The summed E-state index contributed by atoms with van der Waals surface area (Å²) in [7, 11) is -3.53. The molecule has 0 aliphatic rings. The minimum Gasteiger partial charge on any atom is -0.354 e. The topological polar surface area (TPSA) is 122 Å². The lowest BCUT2D eigenvalue weighted by atomic mass is 10.1. The van der Waals surface area contributed by atoms with Crippen LogP contribution in [-0.2, 0) is 15.6 Å². The molecule has 0 unspecified atom stereocenters. The molecule has 146 valence electrons. The van der Waals surface area contributed by atoms with Crippen LogP contribution in [0.5, 0.6) is 0 Å². The second-order valence-electron chi connectivity index (χ2n) is 7.07. The lowest BCUT2D eigenvalue weighted by molar-refractivity contribution is 0.366. The molecule has 0 aromatic carbocycles. The fourth-order valence-corrected chi connectivity index (χ4v) is 4.85. The second-order valence-corrected chi connectivity index (χ2v) is 10.4. The van der Waals surface area contributed by atoms with E-state index in [0.29, 0.717) is 11.0 Å². The van der Waals surface area contributed by atoms with Crippen molar-refractivity contribution >= 4 is 38.3 Å². The van der Waals surface area contributed by atoms with Gasteiger partial charge in [0.15, 0.2) is 5.65 Å². The van der Waals surface area contributed by atoms with Gasteiger partial charge < -0.3 is 5.32 Å². The number of hydrogen-bond donors (Lipinski definition) is 3. The molecule has 0 aliphatic heterocycles. The van der Waals surface area contributed by atoms with Crippen molar-refractivity contribution in [2.45, 2.75) is 37.4 Å². The van der Waals surface area contributed by atoms with Crippen LogP contribution in [0.25, 0.3) is 11.0 Å². The molecule has 11 heteroatoms. The average molecular weight is 411 g/mol. The summed E-state index contributed by atoms with van der Waals surface area (Å²) in [5, 5.41) is 7.60. The molecule has 0 spiro atoms. The van der Waals surface area contributed by atoms with E-state index in [1.807, 2.05) is 27.7 Å². The molecule has 0 amide bonds. The molecule has 0 radical (unpaired) electrons. The van der Waals surface area contributed by atoms with E-state index in [4.69, 9.17) is 0 Å². The van der Waals surface area contributed by atoms with Gasteiger partial charge in [0.25, 0.3) is 5.56 Å². The van der Waals surface area contributed by atoms with E-state index in [-0.39, 0.29) is 34.3 Å². The third-order valence-corrected chi connectivity index (χ3v) is 6.72. The Labute approximate surface area is 160 Å². The molecule has 0 saturated heterocycles. The Bertz CT molecular complexity index is 1120. The molecule has 0 saturated carbocycles. The Morgan fingerprint density at radius 3 is 2.63 bits per heavy atom. The summed E-state index contributed by atoms with van der Waals surface area (Å²) in [5.74, 6) is 0.268. The number of anilines is 1. The number of rotatable bonds is 6.